The standard InChI is InChI=1S/C10H15O3P.C9H12O.CH4/c1-8(2)9-5-4-6-10(7-9)13-14(3,11)12;1-7(2)8-4-3-5-9(10)6-8;/h4-8H,1-3H3,(H,11,12);3-7,10H,1-2H3;1H4. The summed E-state index contributed by atoms with van der Waals surface area (Å²) in [5.41, 5.74) is 2.27. The van der Waals surface area contributed by atoms with Gasteiger partial charge in [-0.25, -0.2) is 4.57 Å². The van der Waals surface area contributed by atoms with E-state index in [4.69, 9.17) is 14.5 Å². The first-order valence-electron chi connectivity index (χ1n) is 7.97. The molecule has 0 amide bonds. The summed E-state index contributed by atoms with van der Waals surface area (Å²) in [6, 6.07) is 14.6. The highest BCUT2D eigenvalue weighted by molar-refractivity contribution is 7.52. The van der Waals surface area contributed by atoms with Gasteiger partial charge in [-0.1, -0.05) is 59.4 Å². The van der Waals surface area contributed by atoms with Crippen LogP contribution in [-0.2, 0) is 4.57 Å². The molecule has 0 aliphatic heterocycles. The summed E-state index contributed by atoms with van der Waals surface area (Å²) in [5, 5.41) is 9.06. The Morgan fingerprint density at radius 2 is 1.40 bits per heavy atom. The topological polar surface area (TPSA) is 66.8 Å². The summed E-state index contributed by atoms with van der Waals surface area (Å²) in [5.74, 6) is 1.68. The SMILES string of the molecule is C.CC(C)c1cccc(O)c1.CC(C)c1cccc(OP(C)(=O)O)c1. The van der Waals surface area contributed by atoms with Crippen molar-refractivity contribution < 1.29 is 19.1 Å². The second kappa shape index (κ2) is 10.3. The highest BCUT2D eigenvalue weighted by Gasteiger charge is 2.12. The normalized spacial score (nSPS) is 12.6. The fourth-order valence-electron chi connectivity index (χ4n) is 2.01. The first-order chi connectivity index (χ1) is 11.1. The maximum Gasteiger partial charge on any atom is 0.373 e. The predicted molar refractivity (Wildman–Crippen MR) is 106 cm³/mol. The highest BCUT2D eigenvalue weighted by Crippen LogP contribution is 2.38. The lowest BCUT2D eigenvalue weighted by molar-refractivity contribution is 0.387. The number of phenols is 1. The van der Waals surface area contributed by atoms with Gasteiger partial charge in [-0.3, -0.25) is 0 Å². The Morgan fingerprint density at radius 3 is 1.80 bits per heavy atom. The van der Waals surface area contributed by atoms with Gasteiger partial charge in [-0.05, 0) is 47.2 Å². The Kier molecular flexibility index (Phi) is 9.55. The molecular formula is C20H31O4P. The second-order valence-corrected chi connectivity index (χ2v) is 8.16. The smallest absolute Gasteiger partial charge is 0.373 e. The van der Waals surface area contributed by atoms with Gasteiger partial charge in [0.25, 0.3) is 0 Å². The monoisotopic (exact) mass is 366 g/mol. The van der Waals surface area contributed by atoms with E-state index in [0.29, 0.717) is 23.3 Å². The lowest BCUT2D eigenvalue weighted by Gasteiger charge is -2.11. The van der Waals surface area contributed by atoms with Crippen LogP contribution in [-0.4, -0.2) is 16.7 Å². The Balaban J connectivity index is 0.000000465. The molecule has 0 saturated carbocycles. The van der Waals surface area contributed by atoms with Crippen LogP contribution in [0.25, 0.3) is 0 Å². The number of hydrogen-bond acceptors (Lipinski definition) is 3. The van der Waals surface area contributed by atoms with E-state index in [1.807, 2.05) is 24.3 Å². The second-order valence-electron chi connectivity index (χ2n) is 6.37. The molecule has 2 aromatic carbocycles. The van der Waals surface area contributed by atoms with Crippen LogP contribution < -0.4 is 4.52 Å². The summed E-state index contributed by atoms with van der Waals surface area (Å²) >= 11 is 0. The van der Waals surface area contributed by atoms with Crippen LogP contribution in [0.1, 0.15) is 58.1 Å². The average Bonchev–Trinajstić information content (AvgIpc) is 2.46. The maximum absolute atomic E-state index is 11.0. The molecule has 0 radical (unpaired) electrons. The van der Waals surface area contributed by atoms with Gasteiger partial charge < -0.3 is 14.5 Å². The van der Waals surface area contributed by atoms with Crippen LogP contribution in [0.3, 0.4) is 0 Å². The van der Waals surface area contributed by atoms with Crippen LogP contribution in [0.2, 0.25) is 0 Å². The first-order valence-corrected chi connectivity index (χ1v) is 9.99. The fraction of sp³-hybridized carbons (Fsp3) is 0.400. The molecule has 0 aliphatic rings. The van der Waals surface area contributed by atoms with E-state index in [9.17, 15) is 4.57 Å². The van der Waals surface area contributed by atoms with Crippen molar-refractivity contribution in [3.05, 3.63) is 59.7 Å². The summed E-state index contributed by atoms with van der Waals surface area (Å²) in [7, 11) is -3.44. The number of phenolic OH excluding ortho intramolecular Hbond substituents is 1. The molecule has 5 heteroatoms. The number of aromatic hydroxyl groups is 1. The third-order valence-corrected chi connectivity index (χ3v) is 3.89. The molecule has 140 valence electrons. The lowest BCUT2D eigenvalue weighted by atomic mass is 10.0. The van der Waals surface area contributed by atoms with Gasteiger partial charge >= 0.3 is 7.60 Å². The molecule has 2 N–H and O–H groups in total. The minimum Gasteiger partial charge on any atom is -0.508 e. The molecular weight excluding hydrogens is 335 g/mol. The Hall–Kier alpha value is -1.77. The molecule has 0 aromatic heterocycles. The van der Waals surface area contributed by atoms with Crippen molar-refractivity contribution in [3.63, 3.8) is 0 Å². The quantitative estimate of drug-likeness (QED) is 0.636. The Bertz CT molecular complexity index is 690. The number of rotatable bonds is 4. The molecule has 25 heavy (non-hydrogen) atoms. The van der Waals surface area contributed by atoms with Crippen LogP contribution in [0.15, 0.2) is 48.5 Å². The molecule has 0 bridgehead atoms. The van der Waals surface area contributed by atoms with E-state index in [2.05, 4.69) is 27.7 Å². The summed E-state index contributed by atoms with van der Waals surface area (Å²) in [4.78, 5) is 9.03. The van der Waals surface area contributed by atoms with Crippen molar-refractivity contribution in [1.82, 2.24) is 0 Å². The van der Waals surface area contributed by atoms with E-state index in [1.54, 1.807) is 24.3 Å². The van der Waals surface area contributed by atoms with E-state index < -0.39 is 7.60 Å². The molecule has 0 fully saturated rings. The first kappa shape index (κ1) is 23.2. The van der Waals surface area contributed by atoms with E-state index in [0.717, 1.165) is 5.56 Å². The Labute approximate surface area is 152 Å². The zero-order valence-corrected chi connectivity index (χ0v) is 15.8. The Morgan fingerprint density at radius 1 is 0.920 bits per heavy atom. The van der Waals surface area contributed by atoms with Crippen LogP contribution in [0.4, 0.5) is 0 Å². The van der Waals surface area contributed by atoms with E-state index >= 15 is 0 Å². The predicted octanol–water partition coefficient (Wildman–Crippen LogP) is 6.16. The van der Waals surface area contributed by atoms with Crippen molar-refractivity contribution in [1.29, 1.82) is 0 Å². The third-order valence-electron chi connectivity index (χ3n) is 3.34. The van der Waals surface area contributed by atoms with Crippen molar-refractivity contribution in [3.8, 4) is 11.5 Å². The van der Waals surface area contributed by atoms with Gasteiger partial charge in [0.2, 0.25) is 0 Å². The van der Waals surface area contributed by atoms with Gasteiger partial charge in [0, 0.05) is 6.66 Å². The van der Waals surface area contributed by atoms with Crippen LogP contribution in [0, 0.1) is 0 Å². The molecule has 1 unspecified atom stereocenters. The summed E-state index contributed by atoms with van der Waals surface area (Å²) < 4.78 is 15.9. The number of benzene rings is 2. The highest BCUT2D eigenvalue weighted by atomic mass is 31.2. The molecule has 0 saturated heterocycles. The van der Waals surface area contributed by atoms with Crippen molar-refractivity contribution in [2.45, 2.75) is 47.0 Å². The molecule has 0 spiro atoms. The third kappa shape index (κ3) is 9.33. The van der Waals surface area contributed by atoms with Gasteiger partial charge in [0.05, 0.1) is 0 Å². The summed E-state index contributed by atoms with van der Waals surface area (Å²) in [6.07, 6.45) is 0. The molecule has 1 atom stereocenters. The van der Waals surface area contributed by atoms with Gasteiger partial charge in [0.1, 0.15) is 11.5 Å². The zero-order valence-electron chi connectivity index (χ0n) is 14.9. The lowest BCUT2D eigenvalue weighted by Crippen LogP contribution is -1.92. The fourth-order valence-corrected chi connectivity index (χ4v) is 2.51. The molecule has 2 rings (SSSR count). The minimum atomic E-state index is -3.44. The molecule has 2 aromatic rings. The largest absolute Gasteiger partial charge is 0.508 e. The van der Waals surface area contributed by atoms with Crippen molar-refractivity contribution in [2.24, 2.45) is 0 Å². The van der Waals surface area contributed by atoms with Crippen molar-refractivity contribution >= 4 is 7.60 Å². The number of hydrogen-bond donors (Lipinski definition) is 2. The van der Waals surface area contributed by atoms with E-state index in [1.165, 1.54) is 12.2 Å². The summed E-state index contributed by atoms with van der Waals surface area (Å²) in [6.45, 7) is 9.51. The maximum atomic E-state index is 11.0. The van der Waals surface area contributed by atoms with Crippen LogP contribution >= 0.6 is 7.60 Å². The minimum absolute atomic E-state index is 0. The zero-order chi connectivity index (χ0) is 18.3. The van der Waals surface area contributed by atoms with Crippen LogP contribution in [0.5, 0.6) is 11.5 Å². The van der Waals surface area contributed by atoms with Gasteiger partial charge in [-0.15, -0.1) is 0 Å². The van der Waals surface area contributed by atoms with Gasteiger partial charge in [-0.2, -0.15) is 0 Å². The molecule has 0 heterocycles. The molecule has 4 nitrogen and oxygen atoms in total. The van der Waals surface area contributed by atoms with Gasteiger partial charge in [0.15, 0.2) is 0 Å². The van der Waals surface area contributed by atoms with Crippen molar-refractivity contribution in [2.75, 3.05) is 6.66 Å². The van der Waals surface area contributed by atoms with E-state index in [-0.39, 0.29) is 7.43 Å². The molecule has 0 aliphatic carbocycles. The average molecular weight is 366 g/mol.